The molecule has 0 aliphatic rings. The number of benzene rings is 1. The van der Waals surface area contributed by atoms with E-state index in [0.717, 1.165) is 6.54 Å². The van der Waals surface area contributed by atoms with Crippen molar-refractivity contribution in [1.82, 2.24) is 0 Å². The van der Waals surface area contributed by atoms with E-state index in [1.165, 1.54) is 55.3 Å². The second kappa shape index (κ2) is 8.16. The second-order valence-corrected chi connectivity index (χ2v) is 5.01. The van der Waals surface area contributed by atoms with Gasteiger partial charge in [-0.3, -0.25) is 0 Å². The third kappa shape index (κ3) is 5.76. The van der Waals surface area contributed by atoms with E-state index < -0.39 is 0 Å². The number of rotatable bonds is 8. The molecule has 0 saturated heterocycles. The Morgan fingerprint density at radius 3 is 2.41 bits per heavy atom. The lowest BCUT2D eigenvalue weighted by Crippen LogP contribution is -2.03. The van der Waals surface area contributed by atoms with Crippen LogP contribution in [0.2, 0.25) is 0 Å². The third-order valence-electron chi connectivity index (χ3n) is 3.24. The smallest absolute Gasteiger partial charge is 0.0372 e. The van der Waals surface area contributed by atoms with Crippen LogP contribution in [0.15, 0.2) is 18.2 Å². The third-order valence-corrected chi connectivity index (χ3v) is 3.24. The van der Waals surface area contributed by atoms with Crippen molar-refractivity contribution in [2.45, 2.75) is 59.3 Å². The van der Waals surface area contributed by atoms with Crippen LogP contribution >= 0.6 is 0 Å². The monoisotopic (exact) mass is 233 g/mol. The summed E-state index contributed by atoms with van der Waals surface area (Å²) in [5.74, 6) is 0. The van der Waals surface area contributed by atoms with Crippen LogP contribution < -0.4 is 5.32 Å². The van der Waals surface area contributed by atoms with Crippen molar-refractivity contribution in [2.75, 3.05) is 11.9 Å². The Kier molecular flexibility index (Phi) is 6.76. The molecule has 0 bridgehead atoms. The highest BCUT2D eigenvalue weighted by Gasteiger charge is 1.97. The van der Waals surface area contributed by atoms with E-state index in [0.29, 0.717) is 0 Å². The first-order valence-corrected chi connectivity index (χ1v) is 7.05. The van der Waals surface area contributed by atoms with Crippen LogP contribution in [0.4, 0.5) is 5.69 Å². The number of hydrogen-bond donors (Lipinski definition) is 1. The van der Waals surface area contributed by atoms with E-state index in [-0.39, 0.29) is 0 Å². The number of unbranched alkanes of at least 4 members (excludes halogenated alkanes) is 5. The average Bonchev–Trinajstić information content (AvgIpc) is 2.32. The summed E-state index contributed by atoms with van der Waals surface area (Å²) in [5.41, 5.74) is 3.99. The highest BCUT2D eigenvalue weighted by atomic mass is 14.9. The molecule has 1 N–H and O–H groups in total. The summed E-state index contributed by atoms with van der Waals surface area (Å²) in [6.45, 7) is 7.69. The first kappa shape index (κ1) is 14.1. The highest BCUT2D eigenvalue weighted by Crippen LogP contribution is 2.16. The molecule has 0 unspecified atom stereocenters. The Morgan fingerprint density at radius 2 is 1.65 bits per heavy atom. The van der Waals surface area contributed by atoms with Crippen molar-refractivity contribution in [2.24, 2.45) is 0 Å². The zero-order chi connectivity index (χ0) is 12.5. The predicted octanol–water partition coefficient (Wildman–Crippen LogP) is 5.08. The molecule has 0 atom stereocenters. The SMILES string of the molecule is CCCCCCCCNc1cc(C)ccc1C. The Balaban J connectivity index is 2.15. The standard InChI is InChI=1S/C16H27N/c1-4-5-6-7-8-9-12-17-16-13-14(2)10-11-15(16)3/h10-11,13,17H,4-9,12H2,1-3H3. The summed E-state index contributed by atoms with van der Waals surface area (Å²) >= 11 is 0. The van der Waals surface area contributed by atoms with Crippen LogP contribution in [-0.4, -0.2) is 6.54 Å². The van der Waals surface area contributed by atoms with Gasteiger partial charge in [0.1, 0.15) is 0 Å². The minimum atomic E-state index is 1.11. The van der Waals surface area contributed by atoms with Crippen LogP contribution in [0.5, 0.6) is 0 Å². The molecule has 0 saturated carbocycles. The Labute approximate surface area is 107 Å². The van der Waals surface area contributed by atoms with Gasteiger partial charge in [0.05, 0.1) is 0 Å². The summed E-state index contributed by atoms with van der Waals surface area (Å²) in [6.07, 6.45) is 8.17. The molecule has 1 nitrogen and oxygen atoms in total. The predicted molar refractivity (Wildman–Crippen MR) is 77.8 cm³/mol. The molecule has 0 radical (unpaired) electrons. The summed E-state index contributed by atoms with van der Waals surface area (Å²) < 4.78 is 0. The quantitative estimate of drug-likeness (QED) is 0.618. The summed E-state index contributed by atoms with van der Waals surface area (Å²) in [5, 5.41) is 3.54. The van der Waals surface area contributed by atoms with E-state index in [4.69, 9.17) is 0 Å². The van der Waals surface area contributed by atoms with E-state index in [1.54, 1.807) is 0 Å². The first-order valence-electron chi connectivity index (χ1n) is 7.05. The van der Waals surface area contributed by atoms with Gasteiger partial charge in [0.2, 0.25) is 0 Å². The minimum absolute atomic E-state index is 1.11. The van der Waals surface area contributed by atoms with Crippen molar-refractivity contribution in [3.05, 3.63) is 29.3 Å². The van der Waals surface area contributed by atoms with E-state index >= 15 is 0 Å². The lowest BCUT2D eigenvalue weighted by Gasteiger charge is -2.10. The summed E-state index contributed by atoms with van der Waals surface area (Å²) in [4.78, 5) is 0. The molecule has 0 heterocycles. The maximum Gasteiger partial charge on any atom is 0.0372 e. The van der Waals surface area contributed by atoms with Gasteiger partial charge in [-0.25, -0.2) is 0 Å². The molecular formula is C16H27N. The molecular weight excluding hydrogens is 206 g/mol. The van der Waals surface area contributed by atoms with Gasteiger partial charge in [-0.05, 0) is 37.5 Å². The van der Waals surface area contributed by atoms with Gasteiger partial charge in [0.15, 0.2) is 0 Å². The number of nitrogens with one attached hydrogen (secondary N) is 1. The number of hydrogen-bond acceptors (Lipinski definition) is 1. The van der Waals surface area contributed by atoms with Crippen molar-refractivity contribution in [3.63, 3.8) is 0 Å². The Bertz CT molecular complexity index is 317. The molecule has 0 aromatic heterocycles. The Hall–Kier alpha value is -0.980. The fourth-order valence-electron chi connectivity index (χ4n) is 2.05. The molecule has 1 rings (SSSR count). The maximum atomic E-state index is 3.54. The average molecular weight is 233 g/mol. The van der Waals surface area contributed by atoms with Gasteiger partial charge in [-0.15, -0.1) is 0 Å². The van der Waals surface area contributed by atoms with Gasteiger partial charge >= 0.3 is 0 Å². The van der Waals surface area contributed by atoms with E-state index in [1.807, 2.05) is 0 Å². The van der Waals surface area contributed by atoms with Crippen LogP contribution in [0.3, 0.4) is 0 Å². The molecule has 0 amide bonds. The summed E-state index contributed by atoms with van der Waals surface area (Å²) in [7, 11) is 0. The fourth-order valence-corrected chi connectivity index (χ4v) is 2.05. The van der Waals surface area contributed by atoms with Gasteiger partial charge in [-0.2, -0.15) is 0 Å². The van der Waals surface area contributed by atoms with Crippen molar-refractivity contribution >= 4 is 5.69 Å². The molecule has 0 fully saturated rings. The number of anilines is 1. The van der Waals surface area contributed by atoms with E-state index in [9.17, 15) is 0 Å². The minimum Gasteiger partial charge on any atom is -0.385 e. The lowest BCUT2D eigenvalue weighted by atomic mass is 10.1. The molecule has 0 aliphatic heterocycles. The normalized spacial score (nSPS) is 10.5. The van der Waals surface area contributed by atoms with Crippen LogP contribution in [0.25, 0.3) is 0 Å². The van der Waals surface area contributed by atoms with Crippen molar-refractivity contribution < 1.29 is 0 Å². The maximum absolute atomic E-state index is 3.54. The fraction of sp³-hybridized carbons (Fsp3) is 0.625. The van der Waals surface area contributed by atoms with Crippen molar-refractivity contribution in [3.8, 4) is 0 Å². The molecule has 0 spiro atoms. The van der Waals surface area contributed by atoms with Gasteiger partial charge in [0, 0.05) is 12.2 Å². The first-order chi connectivity index (χ1) is 8.24. The molecule has 17 heavy (non-hydrogen) atoms. The van der Waals surface area contributed by atoms with Gasteiger partial charge in [-0.1, -0.05) is 51.2 Å². The lowest BCUT2D eigenvalue weighted by molar-refractivity contribution is 0.617. The second-order valence-electron chi connectivity index (χ2n) is 5.01. The van der Waals surface area contributed by atoms with Gasteiger partial charge in [0.25, 0.3) is 0 Å². The largest absolute Gasteiger partial charge is 0.385 e. The zero-order valence-corrected chi connectivity index (χ0v) is 11.7. The Morgan fingerprint density at radius 1 is 0.941 bits per heavy atom. The van der Waals surface area contributed by atoms with Crippen LogP contribution in [-0.2, 0) is 0 Å². The highest BCUT2D eigenvalue weighted by molar-refractivity contribution is 5.52. The van der Waals surface area contributed by atoms with Crippen LogP contribution in [0.1, 0.15) is 56.6 Å². The summed E-state index contributed by atoms with van der Waals surface area (Å²) in [6, 6.07) is 6.61. The number of aryl methyl sites for hydroxylation is 2. The molecule has 96 valence electrons. The topological polar surface area (TPSA) is 12.0 Å². The van der Waals surface area contributed by atoms with E-state index in [2.05, 4.69) is 44.3 Å². The molecule has 1 aromatic rings. The zero-order valence-electron chi connectivity index (χ0n) is 11.7. The molecule has 1 heteroatoms. The molecule has 0 aliphatic carbocycles. The van der Waals surface area contributed by atoms with Crippen molar-refractivity contribution in [1.29, 1.82) is 0 Å². The van der Waals surface area contributed by atoms with Gasteiger partial charge < -0.3 is 5.32 Å². The van der Waals surface area contributed by atoms with Crippen LogP contribution in [0, 0.1) is 13.8 Å². The molecule has 1 aromatic carbocycles.